The molecule has 1 aliphatic heterocycles. The molecule has 1 N–H and O–H groups in total. The molecule has 26 heavy (non-hydrogen) atoms. The van der Waals surface area contributed by atoms with Crippen LogP contribution in [-0.4, -0.2) is 47.4 Å². The predicted molar refractivity (Wildman–Crippen MR) is 98.3 cm³/mol. The summed E-state index contributed by atoms with van der Waals surface area (Å²) < 4.78 is 5.91. The molecule has 2 aromatic rings. The van der Waals surface area contributed by atoms with E-state index in [2.05, 4.69) is 10.3 Å². The number of halogens is 1. The summed E-state index contributed by atoms with van der Waals surface area (Å²) >= 11 is 6.07. The molecule has 2 heterocycles. The third-order valence-corrected chi connectivity index (χ3v) is 4.48. The average molecular weight is 374 g/mol. The third kappa shape index (κ3) is 4.73. The molecule has 0 saturated carbocycles. The van der Waals surface area contributed by atoms with Crippen molar-refractivity contribution in [3.8, 4) is 5.75 Å². The van der Waals surface area contributed by atoms with Crippen LogP contribution in [0, 0.1) is 0 Å². The molecule has 3 rings (SSSR count). The van der Waals surface area contributed by atoms with Gasteiger partial charge in [0.05, 0.1) is 13.1 Å². The van der Waals surface area contributed by atoms with E-state index in [4.69, 9.17) is 16.3 Å². The fourth-order valence-electron chi connectivity index (χ4n) is 2.86. The Morgan fingerprint density at radius 3 is 2.85 bits per heavy atom. The maximum atomic E-state index is 12.4. The number of hydrogen-bond donors (Lipinski definition) is 1. The maximum Gasteiger partial charge on any atom is 0.251 e. The van der Waals surface area contributed by atoms with Gasteiger partial charge in [-0.3, -0.25) is 14.6 Å². The summed E-state index contributed by atoms with van der Waals surface area (Å²) in [5.74, 6) is 0.189. The second kappa shape index (κ2) is 8.67. The molecule has 1 aliphatic rings. The molecule has 136 valence electrons. The SMILES string of the molecule is O=C(NCC(=O)N1CCCC(Oc2ccncc2Cl)C1)c1ccccc1. The van der Waals surface area contributed by atoms with Crippen molar-refractivity contribution < 1.29 is 14.3 Å². The Bertz CT molecular complexity index is 770. The topological polar surface area (TPSA) is 71.5 Å². The first-order valence-corrected chi connectivity index (χ1v) is 8.88. The highest BCUT2D eigenvalue weighted by molar-refractivity contribution is 6.31. The number of rotatable bonds is 5. The van der Waals surface area contributed by atoms with Crippen LogP contribution in [0.25, 0.3) is 0 Å². The molecule has 1 fully saturated rings. The lowest BCUT2D eigenvalue weighted by Gasteiger charge is -2.33. The van der Waals surface area contributed by atoms with Gasteiger partial charge in [0.2, 0.25) is 5.91 Å². The Morgan fingerprint density at radius 1 is 1.27 bits per heavy atom. The number of hydrogen-bond acceptors (Lipinski definition) is 4. The van der Waals surface area contributed by atoms with Gasteiger partial charge in [0, 0.05) is 30.6 Å². The molecule has 1 saturated heterocycles. The number of nitrogens with zero attached hydrogens (tertiary/aromatic N) is 2. The fraction of sp³-hybridized carbons (Fsp3) is 0.316. The van der Waals surface area contributed by atoms with Gasteiger partial charge in [0.25, 0.3) is 5.91 Å². The maximum absolute atomic E-state index is 12.4. The van der Waals surface area contributed by atoms with E-state index in [-0.39, 0.29) is 24.5 Å². The van der Waals surface area contributed by atoms with Crippen molar-refractivity contribution in [1.82, 2.24) is 15.2 Å². The standard InChI is InChI=1S/C19H20ClN3O3/c20-16-11-21-9-8-17(16)26-15-7-4-10-23(13-15)18(24)12-22-19(25)14-5-2-1-3-6-14/h1-3,5-6,8-9,11,15H,4,7,10,12-13H2,(H,22,25). The highest BCUT2D eigenvalue weighted by atomic mass is 35.5. The highest BCUT2D eigenvalue weighted by Crippen LogP contribution is 2.25. The van der Waals surface area contributed by atoms with Crippen LogP contribution in [0.5, 0.6) is 5.75 Å². The zero-order valence-electron chi connectivity index (χ0n) is 14.2. The number of benzene rings is 1. The molecule has 0 spiro atoms. The summed E-state index contributed by atoms with van der Waals surface area (Å²) in [6, 6.07) is 10.5. The number of aromatic nitrogens is 1. The molecule has 2 amide bonds. The van der Waals surface area contributed by atoms with Crippen molar-refractivity contribution in [1.29, 1.82) is 0 Å². The van der Waals surface area contributed by atoms with E-state index in [1.54, 1.807) is 41.4 Å². The minimum atomic E-state index is -0.257. The predicted octanol–water partition coefficient (Wildman–Crippen LogP) is 2.53. The van der Waals surface area contributed by atoms with Crippen molar-refractivity contribution in [2.75, 3.05) is 19.6 Å². The van der Waals surface area contributed by atoms with Gasteiger partial charge in [-0.1, -0.05) is 29.8 Å². The van der Waals surface area contributed by atoms with Crippen molar-refractivity contribution in [3.05, 3.63) is 59.4 Å². The Morgan fingerprint density at radius 2 is 2.08 bits per heavy atom. The second-order valence-corrected chi connectivity index (χ2v) is 6.48. The molecule has 0 bridgehead atoms. The summed E-state index contributed by atoms with van der Waals surface area (Å²) in [5.41, 5.74) is 0.535. The van der Waals surface area contributed by atoms with Gasteiger partial charge in [0.15, 0.2) is 0 Å². The fourth-order valence-corrected chi connectivity index (χ4v) is 3.02. The average Bonchev–Trinajstić information content (AvgIpc) is 2.68. The van der Waals surface area contributed by atoms with Crippen LogP contribution in [0.4, 0.5) is 0 Å². The molecule has 1 atom stereocenters. The van der Waals surface area contributed by atoms with E-state index < -0.39 is 0 Å². The van der Waals surface area contributed by atoms with E-state index in [1.807, 2.05) is 6.07 Å². The van der Waals surface area contributed by atoms with Gasteiger partial charge in [0.1, 0.15) is 16.9 Å². The smallest absolute Gasteiger partial charge is 0.251 e. The second-order valence-electron chi connectivity index (χ2n) is 6.08. The van der Waals surface area contributed by atoms with Gasteiger partial charge in [-0.2, -0.15) is 0 Å². The van der Waals surface area contributed by atoms with Crippen LogP contribution in [0.2, 0.25) is 5.02 Å². The zero-order chi connectivity index (χ0) is 18.4. The number of amides is 2. The Labute approximate surface area is 157 Å². The molecular weight excluding hydrogens is 354 g/mol. The van der Waals surface area contributed by atoms with E-state index in [9.17, 15) is 9.59 Å². The first-order valence-electron chi connectivity index (χ1n) is 8.50. The Hall–Kier alpha value is -2.60. The molecule has 7 heteroatoms. The zero-order valence-corrected chi connectivity index (χ0v) is 15.0. The summed E-state index contributed by atoms with van der Waals surface area (Å²) in [6.45, 7) is 1.10. The number of ether oxygens (including phenoxy) is 1. The first kappa shape index (κ1) is 18.2. The van der Waals surface area contributed by atoms with Crippen LogP contribution < -0.4 is 10.1 Å². The minimum Gasteiger partial charge on any atom is -0.487 e. The molecule has 1 unspecified atom stereocenters. The third-order valence-electron chi connectivity index (χ3n) is 4.20. The molecular formula is C19H20ClN3O3. The Kier molecular flexibility index (Phi) is 6.07. The lowest BCUT2D eigenvalue weighted by Crippen LogP contribution is -2.48. The van der Waals surface area contributed by atoms with Crippen LogP contribution in [-0.2, 0) is 4.79 Å². The number of likely N-dealkylation sites (tertiary alicyclic amines) is 1. The molecule has 1 aromatic carbocycles. The lowest BCUT2D eigenvalue weighted by molar-refractivity contribution is -0.132. The van der Waals surface area contributed by atoms with E-state index in [0.717, 1.165) is 12.8 Å². The number of carbonyl (C=O) groups excluding carboxylic acids is 2. The molecule has 0 aliphatic carbocycles. The lowest BCUT2D eigenvalue weighted by atomic mass is 10.1. The van der Waals surface area contributed by atoms with Gasteiger partial charge in [-0.05, 0) is 25.0 Å². The minimum absolute atomic E-state index is 0.0313. The molecule has 6 nitrogen and oxygen atoms in total. The quantitative estimate of drug-likeness (QED) is 0.874. The summed E-state index contributed by atoms with van der Waals surface area (Å²) in [6.07, 6.45) is 4.70. The van der Waals surface area contributed by atoms with Gasteiger partial charge < -0.3 is 15.0 Å². The summed E-state index contributed by atoms with van der Waals surface area (Å²) in [7, 11) is 0. The van der Waals surface area contributed by atoms with Gasteiger partial charge in [-0.15, -0.1) is 0 Å². The number of pyridine rings is 1. The van der Waals surface area contributed by atoms with Gasteiger partial charge in [-0.25, -0.2) is 0 Å². The molecule has 0 radical (unpaired) electrons. The van der Waals surface area contributed by atoms with Crippen molar-refractivity contribution >= 4 is 23.4 Å². The van der Waals surface area contributed by atoms with Crippen molar-refractivity contribution in [2.24, 2.45) is 0 Å². The number of carbonyl (C=O) groups is 2. The summed E-state index contributed by atoms with van der Waals surface area (Å²) in [4.78, 5) is 30.1. The monoisotopic (exact) mass is 373 g/mol. The van der Waals surface area contributed by atoms with Gasteiger partial charge >= 0.3 is 0 Å². The molecule has 1 aromatic heterocycles. The van der Waals surface area contributed by atoms with E-state index in [0.29, 0.717) is 29.4 Å². The number of piperidine rings is 1. The largest absolute Gasteiger partial charge is 0.487 e. The van der Waals surface area contributed by atoms with Crippen LogP contribution in [0.3, 0.4) is 0 Å². The van der Waals surface area contributed by atoms with Crippen LogP contribution >= 0.6 is 11.6 Å². The number of nitrogens with one attached hydrogen (secondary N) is 1. The van der Waals surface area contributed by atoms with E-state index >= 15 is 0 Å². The van der Waals surface area contributed by atoms with Crippen molar-refractivity contribution in [3.63, 3.8) is 0 Å². The van der Waals surface area contributed by atoms with E-state index in [1.165, 1.54) is 6.20 Å². The first-order chi connectivity index (χ1) is 12.6. The highest BCUT2D eigenvalue weighted by Gasteiger charge is 2.25. The normalized spacial score (nSPS) is 16.8. The van der Waals surface area contributed by atoms with Crippen LogP contribution in [0.15, 0.2) is 48.8 Å². The van der Waals surface area contributed by atoms with Crippen LogP contribution in [0.1, 0.15) is 23.2 Å². The van der Waals surface area contributed by atoms with Crippen molar-refractivity contribution in [2.45, 2.75) is 18.9 Å². The summed E-state index contributed by atoms with van der Waals surface area (Å²) in [5, 5.41) is 3.12. The Balaban J connectivity index is 1.51.